The fourth-order valence-corrected chi connectivity index (χ4v) is 3.67. The van der Waals surface area contributed by atoms with Gasteiger partial charge in [-0.25, -0.2) is 9.48 Å². The Morgan fingerprint density at radius 1 is 1.11 bits per heavy atom. The minimum atomic E-state index is -0.947. The van der Waals surface area contributed by atoms with Gasteiger partial charge >= 0.3 is 5.97 Å². The molecule has 0 atom stereocenters. The predicted molar refractivity (Wildman–Crippen MR) is 105 cm³/mol. The number of rotatable bonds is 5. The number of carboxylic acid groups (broad SMARTS) is 1. The first-order chi connectivity index (χ1) is 13.1. The van der Waals surface area contributed by atoms with Crippen molar-refractivity contribution in [3.63, 3.8) is 0 Å². The number of nitrogens with zero attached hydrogens (tertiary/aromatic N) is 2. The fourth-order valence-electron chi connectivity index (χ4n) is 2.79. The molecule has 134 valence electrons. The maximum atomic E-state index is 12.3. The number of fused-ring (bicyclic) bond motifs is 1. The van der Waals surface area contributed by atoms with Crippen molar-refractivity contribution in [3.05, 3.63) is 77.4 Å². The molecular weight excluding hydrogens is 362 g/mol. The monoisotopic (exact) mass is 377 g/mol. The van der Waals surface area contributed by atoms with Crippen LogP contribution in [0.4, 0.5) is 5.69 Å². The van der Waals surface area contributed by atoms with E-state index in [1.165, 1.54) is 11.3 Å². The third kappa shape index (κ3) is 3.73. The number of benzene rings is 2. The zero-order valence-electron chi connectivity index (χ0n) is 14.1. The Labute approximate surface area is 158 Å². The standard InChI is InChI=1S/C20H15N3O3S/c24-19(8-13-11-21-23(12-13)16-4-2-1-3-5-16)22-15-6-7-17-14(9-15)10-18(27-17)20(25)26/h1-7,9-12H,8H2,(H,22,24)(H,25,26). The van der Waals surface area contributed by atoms with E-state index in [1.54, 1.807) is 29.1 Å². The lowest BCUT2D eigenvalue weighted by atomic mass is 10.2. The highest BCUT2D eigenvalue weighted by Crippen LogP contribution is 2.28. The van der Waals surface area contributed by atoms with Gasteiger partial charge in [0, 0.05) is 16.6 Å². The highest BCUT2D eigenvalue weighted by atomic mass is 32.1. The molecule has 2 aromatic heterocycles. The van der Waals surface area contributed by atoms with Crippen LogP contribution in [0.1, 0.15) is 15.2 Å². The molecule has 0 bridgehead atoms. The summed E-state index contributed by atoms with van der Waals surface area (Å²) in [6.45, 7) is 0. The molecule has 0 saturated heterocycles. The molecule has 4 rings (SSSR count). The van der Waals surface area contributed by atoms with E-state index < -0.39 is 5.97 Å². The zero-order chi connectivity index (χ0) is 18.8. The molecule has 7 heteroatoms. The first-order valence-corrected chi connectivity index (χ1v) is 9.06. The number of nitrogens with one attached hydrogen (secondary N) is 1. The molecule has 27 heavy (non-hydrogen) atoms. The van der Waals surface area contributed by atoms with Gasteiger partial charge in [-0.05, 0) is 47.3 Å². The van der Waals surface area contributed by atoms with E-state index in [0.29, 0.717) is 5.69 Å². The SMILES string of the molecule is O=C(Cc1cnn(-c2ccccc2)c1)Nc1ccc2sc(C(=O)O)cc2c1. The van der Waals surface area contributed by atoms with Gasteiger partial charge in [0.1, 0.15) is 4.88 Å². The van der Waals surface area contributed by atoms with Gasteiger partial charge in [-0.3, -0.25) is 4.79 Å². The van der Waals surface area contributed by atoms with Crippen molar-refractivity contribution >= 4 is 39.0 Å². The van der Waals surface area contributed by atoms with E-state index in [9.17, 15) is 9.59 Å². The minimum Gasteiger partial charge on any atom is -0.477 e. The molecule has 0 unspecified atom stereocenters. The van der Waals surface area contributed by atoms with Gasteiger partial charge in [0.05, 0.1) is 18.3 Å². The Morgan fingerprint density at radius 3 is 2.70 bits per heavy atom. The van der Waals surface area contributed by atoms with Crippen LogP contribution in [-0.2, 0) is 11.2 Å². The topological polar surface area (TPSA) is 84.2 Å². The summed E-state index contributed by atoms with van der Waals surface area (Å²) in [7, 11) is 0. The van der Waals surface area contributed by atoms with Gasteiger partial charge in [0.2, 0.25) is 5.91 Å². The molecule has 1 amide bonds. The lowest BCUT2D eigenvalue weighted by molar-refractivity contribution is -0.115. The number of amides is 1. The second kappa shape index (κ2) is 7.05. The Bertz CT molecular complexity index is 1130. The molecule has 0 spiro atoms. The van der Waals surface area contributed by atoms with Crippen molar-refractivity contribution in [2.75, 3.05) is 5.32 Å². The van der Waals surface area contributed by atoms with Gasteiger partial charge in [-0.2, -0.15) is 5.10 Å². The number of para-hydroxylation sites is 1. The normalized spacial score (nSPS) is 10.8. The van der Waals surface area contributed by atoms with E-state index in [0.717, 1.165) is 21.3 Å². The van der Waals surface area contributed by atoms with Crippen LogP contribution in [-0.4, -0.2) is 26.8 Å². The molecule has 0 aliphatic heterocycles. The van der Waals surface area contributed by atoms with E-state index >= 15 is 0 Å². The number of hydrogen-bond donors (Lipinski definition) is 2. The Kier molecular flexibility index (Phi) is 4.43. The van der Waals surface area contributed by atoms with E-state index in [-0.39, 0.29) is 17.2 Å². The minimum absolute atomic E-state index is 0.157. The maximum Gasteiger partial charge on any atom is 0.345 e. The molecular formula is C20H15N3O3S. The molecule has 6 nitrogen and oxygen atoms in total. The highest BCUT2D eigenvalue weighted by molar-refractivity contribution is 7.20. The number of aromatic carboxylic acids is 1. The summed E-state index contributed by atoms with van der Waals surface area (Å²) in [5.74, 6) is -1.10. The molecule has 0 aliphatic rings. The summed E-state index contributed by atoms with van der Waals surface area (Å²) in [5.41, 5.74) is 2.38. The van der Waals surface area contributed by atoms with E-state index in [2.05, 4.69) is 10.4 Å². The van der Waals surface area contributed by atoms with E-state index in [1.807, 2.05) is 42.6 Å². The predicted octanol–water partition coefficient (Wildman–Crippen LogP) is 3.97. The van der Waals surface area contributed by atoms with Crippen LogP contribution in [0.15, 0.2) is 67.0 Å². The van der Waals surface area contributed by atoms with Crippen LogP contribution in [0, 0.1) is 0 Å². The quantitative estimate of drug-likeness (QED) is 0.551. The van der Waals surface area contributed by atoms with Crippen molar-refractivity contribution in [2.45, 2.75) is 6.42 Å². The summed E-state index contributed by atoms with van der Waals surface area (Å²) in [4.78, 5) is 23.7. The molecule has 0 radical (unpaired) electrons. The van der Waals surface area contributed by atoms with E-state index in [4.69, 9.17) is 5.11 Å². The summed E-state index contributed by atoms with van der Waals surface area (Å²) >= 11 is 1.21. The lowest BCUT2D eigenvalue weighted by Crippen LogP contribution is -2.13. The number of aromatic nitrogens is 2. The third-order valence-corrected chi connectivity index (χ3v) is 5.14. The lowest BCUT2D eigenvalue weighted by Gasteiger charge is -2.04. The number of anilines is 1. The Hall–Kier alpha value is -3.45. The van der Waals surface area contributed by atoms with Crippen molar-refractivity contribution < 1.29 is 14.7 Å². The van der Waals surface area contributed by atoms with Crippen LogP contribution < -0.4 is 5.32 Å². The van der Waals surface area contributed by atoms with Crippen LogP contribution in [0.3, 0.4) is 0 Å². The third-order valence-electron chi connectivity index (χ3n) is 4.03. The molecule has 0 fully saturated rings. The van der Waals surface area contributed by atoms with Crippen molar-refractivity contribution in [2.24, 2.45) is 0 Å². The molecule has 0 aliphatic carbocycles. The first-order valence-electron chi connectivity index (χ1n) is 8.24. The molecule has 2 aromatic carbocycles. The number of carbonyl (C=O) groups is 2. The summed E-state index contributed by atoms with van der Waals surface area (Å²) in [6.07, 6.45) is 3.71. The zero-order valence-corrected chi connectivity index (χ0v) is 14.9. The van der Waals surface area contributed by atoms with Crippen LogP contribution in [0.5, 0.6) is 0 Å². The van der Waals surface area contributed by atoms with Crippen molar-refractivity contribution in [3.8, 4) is 5.69 Å². The number of hydrogen-bond acceptors (Lipinski definition) is 4. The van der Waals surface area contributed by atoms with Gasteiger partial charge in [-0.1, -0.05) is 18.2 Å². The highest BCUT2D eigenvalue weighted by Gasteiger charge is 2.11. The number of carbonyl (C=O) groups excluding carboxylic acids is 1. The first kappa shape index (κ1) is 17.0. The Balaban J connectivity index is 1.46. The maximum absolute atomic E-state index is 12.3. The molecule has 0 saturated carbocycles. The average molecular weight is 377 g/mol. The molecule has 4 aromatic rings. The molecule has 2 heterocycles. The van der Waals surface area contributed by atoms with Crippen LogP contribution >= 0.6 is 11.3 Å². The number of carboxylic acids is 1. The van der Waals surface area contributed by atoms with Gasteiger partial charge < -0.3 is 10.4 Å². The second-order valence-corrected chi connectivity index (χ2v) is 7.11. The number of thiophene rings is 1. The summed E-state index contributed by atoms with van der Waals surface area (Å²) in [5, 5.41) is 17.0. The van der Waals surface area contributed by atoms with Gasteiger partial charge in [-0.15, -0.1) is 11.3 Å². The van der Waals surface area contributed by atoms with Crippen LogP contribution in [0.2, 0.25) is 0 Å². The smallest absolute Gasteiger partial charge is 0.345 e. The largest absolute Gasteiger partial charge is 0.477 e. The second-order valence-electron chi connectivity index (χ2n) is 6.02. The van der Waals surface area contributed by atoms with Gasteiger partial charge in [0.15, 0.2) is 0 Å². The van der Waals surface area contributed by atoms with Gasteiger partial charge in [0.25, 0.3) is 0 Å². The summed E-state index contributed by atoms with van der Waals surface area (Å²) in [6, 6.07) is 16.7. The molecule has 2 N–H and O–H groups in total. The fraction of sp³-hybridized carbons (Fsp3) is 0.0500. The summed E-state index contributed by atoms with van der Waals surface area (Å²) < 4.78 is 2.60. The van der Waals surface area contributed by atoms with Crippen molar-refractivity contribution in [1.82, 2.24) is 9.78 Å². The average Bonchev–Trinajstić information content (AvgIpc) is 3.29. The Morgan fingerprint density at radius 2 is 1.93 bits per heavy atom. The van der Waals surface area contributed by atoms with Crippen molar-refractivity contribution in [1.29, 1.82) is 0 Å². The van der Waals surface area contributed by atoms with Crippen LogP contribution in [0.25, 0.3) is 15.8 Å².